The molecule has 1 saturated heterocycles. The van der Waals surface area contributed by atoms with E-state index >= 15 is 0 Å². The molecule has 1 aromatic carbocycles. The smallest absolute Gasteiger partial charge is 0.374 e. The molecule has 7 nitrogen and oxygen atoms in total. The molecular weight excluding hydrogens is 398 g/mol. The molecule has 1 unspecified atom stereocenters. The van der Waals surface area contributed by atoms with E-state index in [9.17, 15) is 9.59 Å². The number of rotatable bonds is 8. The predicted molar refractivity (Wildman–Crippen MR) is 120 cm³/mol. The van der Waals surface area contributed by atoms with Crippen LogP contribution in [0.4, 0.5) is 5.69 Å². The van der Waals surface area contributed by atoms with Crippen LogP contribution in [0.2, 0.25) is 0 Å². The van der Waals surface area contributed by atoms with Gasteiger partial charge in [-0.2, -0.15) is 0 Å². The van der Waals surface area contributed by atoms with Crippen molar-refractivity contribution in [2.75, 3.05) is 18.1 Å². The zero-order chi connectivity index (χ0) is 23.2. The van der Waals surface area contributed by atoms with Crippen LogP contribution in [-0.2, 0) is 27.5 Å². The average Bonchev–Trinajstić information content (AvgIpc) is 3.44. The highest BCUT2D eigenvalue weighted by Crippen LogP contribution is 2.27. The highest BCUT2D eigenvalue weighted by Gasteiger charge is 2.32. The van der Waals surface area contributed by atoms with Crippen molar-refractivity contribution in [3.8, 4) is 0 Å². The zero-order valence-corrected chi connectivity index (χ0v) is 19.2. The molecule has 0 bridgehead atoms. The van der Waals surface area contributed by atoms with Gasteiger partial charge in [-0.15, -0.1) is 0 Å². The van der Waals surface area contributed by atoms with Crippen molar-refractivity contribution in [1.29, 1.82) is 0 Å². The highest BCUT2D eigenvalue weighted by molar-refractivity contribution is 5.96. The Morgan fingerprint density at radius 2 is 1.81 bits per heavy atom. The molecule has 1 fully saturated rings. The van der Waals surface area contributed by atoms with E-state index in [1.807, 2.05) is 39.8 Å². The van der Waals surface area contributed by atoms with Gasteiger partial charge in [0.05, 0.1) is 25.9 Å². The van der Waals surface area contributed by atoms with Crippen LogP contribution in [0.3, 0.4) is 0 Å². The minimum Gasteiger partial charge on any atom is -0.460 e. The summed E-state index contributed by atoms with van der Waals surface area (Å²) in [5.74, 6) is 0.240. The summed E-state index contributed by atoms with van der Waals surface area (Å²) in [7, 11) is 0. The first kappa shape index (κ1) is 26.4. The second-order valence-corrected chi connectivity index (χ2v) is 6.28. The lowest BCUT2D eigenvalue weighted by Gasteiger charge is -2.25. The summed E-state index contributed by atoms with van der Waals surface area (Å²) in [4.78, 5) is 25.6. The van der Waals surface area contributed by atoms with Crippen molar-refractivity contribution in [2.45, 2.75) is 66.7 Å². The van der Waals surface area contributed by atoms with Gasteiger partial charge in [-0.25, -0.2) is 4.79 Å². The maximum Gasteiger partial charge on any atom is 0.374 e. The van der Waals surface area contributed by atoms with Gasteiger partial charge < -0.3 is 23.9 Å². The summed E-state index contributed by atoms with van der Waals surface area (Å²) in [6.45, 7) is 10.6. The van der Waals surface area contributed by atoms with Crippen LogP contribution < -0.4 is 4.90 Å². The lowest BCUT2D eigenvalue weighted by Crippen LogP contribution is -2.36. The molecule has 2 heterocycles. The van der Waals surface area contributed by atoms with Crippen molar-refractivity contribution in [3.05, 3.63) is 53.5 Å². The fourth-order valence-corrected chi connectivity index (χ4v) is 3.08. The number of anilines is 1. The molecule has 1 N–H and O–H groups in total. The van der Waals surface area contributed by atoms with Crippen molar-refractivity contribution >= 4 is 17.6 Å². The Hall–Kier alpha value is -2.64. The molecule has 172 valence electrons. The summed E-state index contributed by atoms with van der Waals surface area (Å²) in [6, 6.07) is 10.5. The Balaban J connectivity index is 0.00000113. The average molecular weight is 434 g/mol. The van der Waals surface area contributed by atoms with Gasteiger partial charge in [0, 0.05) is 12.1 Å². The van der Waals surface area contributed by atoms with E-state index in [4.69, 9.17) is 19.0 Å². The number of benzene rings is 1. The van der Waals surface area contributed by atoms with Crippen LogP contribution in [-0.4, -0.2) is 36.2 Å². The molecule has 1 aliphatic heterocycles. The van der Waals surface area contributed by atoms with E-state index in [1.54, 1.807) is 36.1 Å². The number of furan rings is 1. The van der Waals surface area contributed by atoms with E-state index < -0.39 is 5.97 Å². The fourth-order valence-electron chi connectivity index (χ4n) is 3.08. The number of esters is 1. The molecule has 1 amide bonds. The molecule has 0 radical (unpaired) electrons. The topological polar surface area (TPSA) is 89.2 Å². The Labute approximate surface area is 185 Å². The second-order valence-electron chi connectivity index (χ2n) is 6.28. The van der Waals surface area contributed by atoms with Crippen LogP contribution in [0.5, 0.6) is 0 Å². The van der Waals surface area contributed by atoms with Gasteiger partial charge in [0.25, 0.3) is 0 Å². The van der Waals surface area contributed by atoms with Gasteiger partial charge in [-0.1, -0.05) is 39.8 Å². The third-order valence-electron chi connectivity index (χ3n) is 4.42. The number of nitrogens with zero attached hydrogens (tertiary/aromatic N) is 1. The minimum absolute atomic E-state index is 0.0301. The lowest BCUT2D eigenvalue weighted by molar-refractivity contribution is -0.117. The summed E-state index contributed by atoms with van der Waals surface area (Å²) in [6.07, 6.45) is 1.19. The molecule has 1 aromatic heterocycles. The van der Waals surface area contributed by atoms with Crippen LogP contribution >= 0.6 is 0 Å². The van der Waals surface area contributed by atoms with E-state index in [0.29, 0.717) is 25.2 Å². The van der Waals surface area contributed by atoms with E-state index in [1.165, 1.54) is 0 Å². The third kappa shape index (κ3) is 7.52. The summed E-state index contributed by atoms with van der Waals surface area (Å²) in [5.41, 5.74) is 1.60. The number of aliphatic hydroxyl groups is 1. The van der Waals surface area contributed by atoms with Crippen LogP contribution in [0.25, 0.3) is 0 Å². The van der Waals surface area contributed by atoms with Gasteiger partial charge >= 0.3 is 5.97 Å². The third-order valence-corrected chi connectivity index (χ3v) is 4.42. The SMILES string of the molecule is CC.CC.CCOC(=O)c1ccc(COCC2CCC(=O)N2c2ccc(CO)cc2)o1. The van der Waals surface area contributed by atoms with Crippen molar-refractivity contribution in [2.24, 2.45) is 0 Å². The summed E-state index contributed by atoms with van der Waals surface area (Å²) in [5, 5.41) is 9.15. The van der Waals surface area contributed by atoms with Gasteiger partial charge in [-0.3, -0.25) is 4.79 Å². The Morgan fingerprint density at radius 3 is 2.42 bits per heavy atom. The van der Waals surface area contributed by atoms with Crippen LogP contribution in [0, 0.1) is 0 Å². The Bertz CT molecular complexity index is 784. The Kier molecular flexibility index (Phi) is 12.2. The van der Waals surface area contributed by atoms with E-state index in [2.05, 4.69) is 0 Å². The number of amides is 1. The highest BCUT2D eigenvalue weighted by atomic mass is 16.5. The summed E-state index contributed by atoms with van der Waals surface area (Å²) < 4.78 is 16.0. The first-order chi connectivity index (χ1) is 15.1. The normalized spacial score (nSPS) is 15.0. The first-order valence-electron chi connectivity index (χ1n) is 11.0. The number of ether oxygens (including phenoxy) is 2. The molecule has 31 heavy (non-hydrogen) atoms. The lowest BCUT2D eigenvalue weighted by atomic mass is 10.2. The maximum atomic E-state index is 12.3. The Morgan fingerprint density at radius 1 is 1.13 bits per heavy atom. The van der Waals surface area contributed by atoms with E-state index in [-0.39, 0.29) is 37.5 Å². The van der Waals surface area contributed by atoms with Gasteiger partial charge in [-0.05, 0) is 43.2 Å². The van der Waals surface area contributed by atoms with Gasteiger partial charge in [0.15, 0.2) is 0 Å². The van der Waals surface area contributed by atoms with Crippen molar-refractivity contribution in [1.82, 2.24) is 0 Å². The number of carbonyl (C=O) groups is 2. The molecule has 1 atom stereocenters. The summed E-state index contributed by atoms with van der Waals surface area (Å²) >= 11 is 0. The standard InChI is InChI=1S/C20H23NO6.2C2H6/c1-2-26-20(24)18-9-8-17(27-18)13-25-12-16-7-10-19(23)21(16)15-5-3-14(11-22)4-6-15;2*1-2/h3-6,8-9,16,22H,2,7,10-13H2,1H3;2*1-2H3. The molecule has 7 heteroatoms. The maximum absolute atomic E-state index is 12.3. The molecule has 2 aromatic rings. The van der Waals surface area contributed by atoms with Gasteiger partial charge in [0.1, 0.15) is 12.4 Å². The van der Waals surface area contributed by atoms with Crippen LogP contribution in [0.1, 0.15) is 69.3 Å². The monoisotopic (exact) mass is 433 g/mol. The number of hydrogen-bond acceptors (Lipinski definition) is 6. The second kappa shape index (κ2) is 14.4. The largest absolute Gasteiger partial charge is 0.460 e. The number of carbonyl (C=O) groups excluding carboxylic acids is 2. The quantitative estimate of drug-likeness (QED) is 0.606. The first-order valence-corrected chi connectivity index (χ1v) is 11.0. The molecule has 0 spiro atoms. The number of hydrogen-bond donors (Lipinski definition) is 1. The van der Waals surface area contributed by atoms with Gasteiger partial charge in [0.2, 0.25) is 11.7 Å². The fraction of sp³-hybridized carbons (Fsp3) is 0.500. The molecule has 3 rings (SSSR count). The zero-order valence-electron chi connectivity index (χ0n) is 19.2. The molecule has 0 saturated carbocycles. The van der Waals surface area contributed by atoms with Crippen LogP contribution in [0.15, 0.2) is 40.8 Å². The van der Waals surface area contributed by atoms with E-state index in [0.717, 1.165) is 11.3 Å². The van der Waals surface area contributed by atoms with Crippen molar-refractivity contribution in [3.63, 3.8) is 0 Å². The molecular formula is C24H35NO6. The number of aliphatic hydroxyl groups excluding tert-OH is 1. The molecule has 0 aliphatic carbocycles. The molecule has 1 aliphatic rings. The minimum atomic E-state index is -0.498. The van der Waals surface area contributed by atoms with Crippen molar-refractivity contribution < 1.29 is 28.6 Å². The predicted octanol–water partition coefficient (Wildman–Crippen LogP) is 4.71.